The van der Waals surface area contributed by atoms with Crippen LogP contribution < -0.4 is 10.6 Å². The molecule has 92 valence electrons. The van der Waals surface area contributed by atoms with E-state index in [2.05, 4.69) is 33.5 Å². The molecule has 1 saturated heterocycles. The Hall–Kier alpha value is -0.480. The summed E-state index contributed by atoms with van der Waals surface area (Å²) in [5.74, 6) is 3.31. The Bertz CT molecular complexity index is 259. The minimum Gasteiger partial charge on any atom is -0.355 e. The van der Waals surface area contributed by atoms with Crippen LogP contribution in [0.1, 0.15) is 12.8 Å². The molecule has 0 aliphatic carbocycles. The van der Waals surface area contributed by atoms with Crippen molar-refractivity contribution in [3.8, 4) is 12.3 Å². The Balaban J connectivity index is 0.00000225. The van der Waals surface area contributed by atoms with Crippen LogP contribution in [0.5, 0.6) is 0 Å². The SMILES string of the molecule is C#CCNC(=NC)NCC1CCCN1C.I. The summed E-state index contributed by atoms with van der Waals surface area (Å²) in [7, 11) is 3.92. The molecule has 5 heteroatoms. The van der Waals surface area contributed by atoms with Crippen LogP contribution in [-0.4, -0.2) is 50.6 Å². The van der Waals surface area contributed by atoms with E-state index in [0.29, 0.717) is 12.6 Å². The van der Waals surface area contributed by atoms with Crippen LogP contribution in [0.4, 0.5) is 0 Å². The van der Waals surface area contributed by atoms with Crippen LogP contribution in [0.15, 0.2) is 4.99 Å². The first-order valence-electron chi connectivity index (χ1n) is 5.36. The highest BCUT2D eigenvalue weighted by Gasteiger charge is 2.20. The van der Waals surface area contributed by atoms with Gasteiger partial charge >= 0.3 is 0 Å². The van der Waals surface area contributed by atoms with E-state index < -0.39 is 0 Å². The number of nitrogens with zero attached hydrogens (tertiary/aromatic N) is 2. The van der Waals surface area contributed by atoms with Gasteiger partial charge in [0.05, 0.1) is 6.54 Å². The highest BCUT2D eigenvalue weighted by atomic mass is 127. The number of terminal acetylenes is 1. The topological polar surface area (TPSA) is 39.7 Å². The van der Waals surface area contributed by atoms with Crippen LogP contribution in [0, 0.1) is 12.3 Å². The van der Waals surface area contributed by atoms with Gasteiger partial charge in [-0.15, -0.1) is 30.4 Å². The summed E-state index contributed by atoms with van der Waals surface area (Å²) in [5, 5.41) is 6.32. The lowest BCUT2D eigenvalue weighted by molar-refractivity contribution is 0.309. The number of hydrogen-bond donors (Lipinski definition) is 2. The number of aliphatic imine (C=N–C) groups is 1. The molecule has 1 atom stereocenters. The highest BCUT2D eigenvalue weighted by Crippen LogP contribution is 2.13. The molecule has 1 fully saturated rings. The minimum atomic E-state index is 0. The average molecular weight is 336 g/mol. The first-order valence-corrected chi connectivity index (χ1v) is 5.36. The second-order valence-corrected chi connectivity index (χ2v) is 3.79. The van der Waals surface area contributed by atoms with Crippen molar-refractivity contribution < 1.29 is 0 Å². The highest BCUT2D eigenvalue weighted by molar-refractivity contribution is 14.0. The normalized spacial score (nSPS) is 21.1. The molecule has 0 saturated carbocycles. The zero-order valence-corrected chi connectivity index (χ0v) is 12.3. The number of halogens is 1. The number of likely N-dealkylation sites (N-methyl/N-ethyl adjacent to an activating group) is 1. The molecule has 1 aliphatic rings. The van der Waals surface area contributed by atoms with Crippen molar-refractivity contribution in [2.45, 2.75) is 18.9 Å². The summed E-state index contributed by atoms with van der Waals surface area (Å²) in [4.78, 5) is 6.47. The third-order valence-electron chi connectivity index (χ3n) is 2.76. The number of guanidine groups is 1. The Morgan fingerprint density at radius 1 is 1.56 bits per heavy atom. The first-order chi connectivity index (χ1) is 7.27. The standard InChI is InChI=1S/C11H20N4.HI/c1-4-7-13-11(12-2)14-9-10-6-5-8-15(10)3;/h1,10H,5-9H2,2-3H3,(H2,12,13,14);1H. The van der Waals surface area contributed by atoms with E-state index in [0.717, 1.165) is 12.5 Å². The number of hydrogen-bond acceptors (Lipinski definition) is 2. The quantitative estimate of drug-likeness (QED) is 0.341. The summed E-state index contributed by atoms with van der Waals surface area (Å²) in [6.45, 7) is 2.64. The van der Waals surface area contributed by atoms with E-state index in [1.54, 1.807) is 7.05 Å². The maximum Gasteiger partial charge on any atom is 0.191 e. The molecule has 0 aromatic carbocycles. The monoisotopic (exact) mass is 336 g/mol. The second kappa shape index (κ2) is 8.65. The molecule has 1 unspecified atom stereocenters. The fraction of sp³-hybridized carbons (Fsp3) is 0.727. The summed E-state index contributed by atoms with van der Waals surface area (Å²) in [6.07, 6.45) is 7.72. The van der Waals surface area contributed by atoms with Gasteiger partial charge in [0.15, 0.2) is 5.96 Å². The van der Waals surface area contributed by atoms with Crippen LogP contribution in [0.25, 0.3) is 0 Å². The van der Waals surface area contributed by atoms with Gasteiger partial charge in [-0.3, -0.25) is 4.99 Å². The van der Waals surface area contributed by atoms with Gasteiger partial charge in [0.1, 0.15) is 0 Å². The van der Waals surface area contributed by atoms with Gasteiger partial charge in [0.2, 0.25) is 0 Å². The largest absolute Gasteiger partial charge is 0.355 e. The van der Waals surface area contributed by atoms with Gasteiger partial charge < -0.3 is 15.5 Å². The van der Waals surface area contributed by atoms with Crippen LogP contribution in [0.2, 0.25) is 0 Å². The molecule has 0 amide bonds. The van der Waals surface area contributed by atoms with Gasteiger partial charge in [0.25, 0.3) is 0 Å². The summed E-state index contributed by atoms with van der Waals surface area (Å²) in [5.41, 5.74) is 0. The number of nitrogens with one attached hydrogen (secondary N) is 2. The molecule has 1 heterocycles. The van der Waals surface area contributed by atoms with Crippen molar-refractivity contribution in [3.05, 3.63) is 0 Å². The molecule has 4 nitrogen and oxygen atoms in total. The minimum absolute atomic E-state index is 0. The summed E-state index contributed by atoms with van der Waals surface area (Å²) >= 11 is 0. The number of rotatable bonds is 3. The molecule has 0 aromatic heterocycles. The van der Waals surface area contributed by atoms with Crippen molar-refractivity contribution in [1.29, 1.82) is 0 Å². The molecule has 0 spiro atoms. The third kappa shape index (κ3) is 5.03. The van der Waals surface area contributed by atoms with Crippen molar-refractivity contribution in [3.63, 3.8) is 0 Å². The zero-order chi connectivity index (χ0) is 11.1. The fourth-order valence-corrected chi connectivity index (χ4v) is 1.81. The molecule has 1 rings (SSSR count). The molecule has 1 aliphatic heterocycles. The Morgan fingerprint density at radius 3 is 2.81 bits per heavy atom. The third-order valence-corrected chi connectivity index (χ3v) is 2.76. The van der Waals surface area contributed by atoms with Crippen molar-refractivity contribution >= 4 is 29.9 Å². The van der Waals surface area contributed by atoms with Gasteiger partial charge in [-0.05, 0) is 26.4 Å². The molecule has 0 bridgehead atoms. The van der Waals surface area contributed by atoms with Gasteiger partial charge in [-0.25, -0.2) is 0 Å². The van der Waals surface area contributed by atoms with Crippen LogP contribution >= 0.6 is 24.0 Å². The van der Waals surface area contributed by atoms with E-state index in [4.69, 9.17) is 6.42 Å². The van der Waals surface area contributed by atoms with Crippen LogP contribution in [-0.2, 0) is 0 Å². The van der Waals surface area contributed by atoms with Crippen LogP contribution in [0.3, 0.4) is 0 Å². The zero-order valence-electron chi connectivity index (χ0n) is 9.99. The van der Waals surface area contributed by atoms with Crippen molar-refractivity contribution in [2.24, 2.45) is 4.99 Å². The van der Waals surface area contributed by atoms with Gasteiger partial charge in [-0.2, -0.15) is 0 Å². The molecular weight excluding hydrogens is 315 g/mol. The average Bonchev–Trinajstić information content (AvgIpc) is 2.65. The Kier molecular flexibility index (Phi) is 8.39. The van der Waals surface area contributed by atoms with E-state index >= 15 is 0 Å². The summed E-state index contributed by atoms with van der Waals surface area (Å²) in [6, 6.07) is 0.620. The first kappa shape index (κ1) is 15.5. The lowest BCUT2D eigenvalue weighted by Crippen LogP contribution is -2.44. The van der Waals surface area contributed by atoms with Crippen molar-refractivity contribution in [2.75, 3.05) is 33.7 Å². The van der Waals surface area contributed by atoms with E-state index in [-0.39, 0.29) is 24.0 Å². The van der Waals surface area contributed by atoms with E-state index in [9.17, 15) is 0 Å². The molecule has 0 radical (unpaired) electrons. The Morgan fingerprint density at radius 2 is 2.31 bits per heavy atom. The van der Waals surface area contributed by atoms with E-state index in [1.165, 1.54) is 19.4 Å². The second-order valence-electron chi connectivity index (χ2n) is 3.79. The summed E-state index contributed by atoms with van der Waals surface area (Å²) < 4.78 is 0. The maximum absolute atomic E-state index is 5.17. The fourth-order valence-electron chi connectivity index (χ4n) is 1.81. The molecular formula is C11H21IN4. The predicted molar refractivity (Wildman–Crippen MR) is 79.3 cm³/mol. The van der Waals surface area contributed by atoms with Gasteiger partial charge in [0, 0.05) is 19.6 Å². The van der Waals surface area contributed by atoms with Crippen molar-refractivity contribution in [1.82, 2.24) is 15.5 Å². The predicted octanol–water partition coefficient (Wildman–Crippen LogP) is 0.497. The number of likely N-dealkylation sites (tertiary alicyclic amines) is 1. The molecule has 2 N–H and O–H groups in total. The molecule has 16 heavy (non-hydrogen) atoms. The van der Waals surface area contributed by atoms with Gasteiger partial charge in [-0.1, -0.05) is 5.92 Å². The smallest absolute Gasteiger partial charge is 0.191 e. The Labute approximate surface area is 115 Å². The lowest BCUT2D eigenvalue weighted by Gasteiger charge is -2.20. The van der Waals surface area contributed by atoms with E-state index in [1.807, 2.05) is 0 Å². The lowest BCUT2D eigenvalue weighted by atomic mass is 10.2. The molecule has 0 aromatic rings. The maximum atomic E-state index is 5.17.